The first-order valence-corrected chi connectivity index (χ1v) is 6.20. The third-order valence-corrected chi connectivity index (χ3v) is 2.83. The van der Waals surface area contributed by atoms with E-state index in [2.05, 4.69) is 10.6 Å². The second-order valence-corrected chi connectivity index (χ2v) is 4.50. The molecular weight excluding hydrogens is 299 g/mol. The van der Waals surface area contributed by atoms with Gasteiger partial charge in [-0.25, -0.2) is 14.0 Å². The Bertz CT molecular complexity index is 706. The predicted octanol–water partition coefficient (Wildman–Crippen LogP) is 3.82. The molecule has 2 amide bonds. The highest BCUT2D eigenvalue weighted by Crippen LogP contribution is 2.19. The van der Waals surface area contributed by atoms with Gasteiger partial charge in [0, 0.05) is 11.4 Å². The number of halogens is 2. The number of hydrogen-bond acceptors (Lipinski definition) is 2. The maximum Gasteiger partial charge on any atom is 0.335 e. The minimum atomic E-state index is -1.09. The molecular formula is C14H10ClFN2O3. The van der Waals surface area contributed by atoms with E-state index in [4.69, 9.17) is 16.7 Å². The molecule has 0 radical (unpaired) electrons. The number of urea groups is 1. The highest BCUT2D eigenvalue weighted by Gasteiger charge is 2.07. The van der Waals surface area contributed by atoms with Crippen LogP contribution >= 0.6 is 11.6 Å². The van der Waals surface area contributed by atoms with Crippen LogP contribution in [0.4, 0.5) is 20.6 Å². The van der Waals surface area contributed by atoms with Crippen LogP contribution in [0.5, 0.6) is 0 Å². The summed E-state index contributed by atoms with van der Waals surface area (Å²) < 4.78 is 13.0. The van der Waals surface area contributed by atoms with Crippen molar-refractivity contribution >= 4 is 35.0 Å². The second-order valence-electron chi connectivity index (χ2n) is 4.09. The Hall–Kier alpha value is -2.60. The first-order chi connectivity index (χ1) is 9.95. The van der Waals surface area contributed by atoms with Gasteiger partial charge in [0.25, 0.3) is 0 Å². The maximum absolute atomic E-state index is 13.0. The lowest BCUT2D eigenvalue weighted by Gasteiger charge is -2.08. The fourth-order valence-corrected chi connectivity index (χ4v) is 1.78. The zero-order valence-corrected chi connectivity index (χ0v) is 11.3. The molecule has 2 aromatic carbocycles. The van der Waals surface area contributed by atoms with E-state index >= 15 is 0 Å². The molecule has 3 N–H and O–H groups in total. The van der Waals surface area contributed by atoms with Crippen LogP contribution in [0, 0.1) is 5.82 Å². The van der Waals surface area contributed by atoms with E-state index in [9.17, 15) is 14.0 Å². The average molecular weight is 309 g/mol. The fourth-order valence-electron chi connectivity index (χ4n) is 1.60. The van der Waals surface area contributed by atoms with Crippen molar-refractivity contribution in [2.24, 2.45) is 0 Å². The number of carboxylic acid groups (broad SMARTS) is 1. The molecule has 0 aliphatic heterocycles. The van der Waals surface area contributed by atoms with Gasteiger partial charge >= 0.3 is 12.0 Å². The second kappa shape index (κ2) is 6.23. The number of carbonyl (C=O) groups excluding carboxylic acids is 1. The van der Waals surface area contributed by atoms with Crippen molar-refractivity contribution in [2.45, 2.75) is 0 Å². The highest BCUT2D eigenvalue weighted by molar-refractivity contribution is 6.31. The van der Waals surface area contributed by atoms with Crippen molar-refractivity contribution in [1.29, 1.82) is 0 Å². The van der Waals surface area contributed by atoms with Crippen LogP contribution in [-0.2, 0) is 0 Å². The molecule has 0 spiro atoms. The minimum absolute atomic E-state index is 0.0534. The van der Waals surface area contributed by atoms with Crippen LogP contribution in [0.25, 0.3) is 0 Å². The molecule has 0 bridgehead atoms. The molecule has 0 aliphatic carbocycles. The van der Waals surface area contributed by atoms with E-state index in [0.29, 0.717) is 11.4 Å². The number of amides is 2. The number of hydrogen-bond donors (Lipinski definition) is 3. The number of carbonyl (C=O) groups is 2. The van der Waals surface area contributed by atoms with Crippen molar-refractivity contribution in [3.8, 4) is 0 Å². The van der Waals surface area contributed by atoms with Crippen LogP contribution in [0.1, 0.15) is 10.4 Å². The predicted molar refractivity (Wildman–Crippen MR) is 77.5 cm³/mol. The van der Waals surface area contributed by atoms with Gasteiger partial charge in [-0.15, -0.1) is 0 Å². The average Bonchev–Trinajstić information content (AvgIpc) is 2.43. The van der Waals surface area contributed by atoms with E-state index in [-0.39, 0.29) is 10.6 Å². The van der Waals surface area contributed by atoms with Gasteiger partial charge in [0.15, 0.2) is 0 Å². The summed E-state index contributed by atoms with van der Waals surface area (Å²) in [7, 11) is 0. The SMILES string of the molecule is O=C(Nc1cccc(C(=O)O)c1)Nc1ccc(F)c(Cl)c1. The lowest BCUT2D eigenvalue weighted by atomic mass is 10.2. The fraction of sp³-hybridized carbons (Fsp3) is 0. The standard InChI is InChI=1S/C14H10ClFN2O3/c15-11-7-10(4-5-12(11)16)18-14(21)17-9-3-1-2-8(6-9)13(19)20/h1-7H,(H,19,20)(H2,17,18,21). The summed E-state index contributed by atoms with van der Waals surface area (Å²) in [6, 6.07) is 8.93. The number of anilines is 2. The van der Waals surface area contributed by atoms with E-state index < -0.39 is 17.8 Å². The summed E-state index contributed by atoms with van der Waals surface area (Å²) in [5.41, 5.74) is 0.687. The Morgan fingerprint density at radius 1 is 1.05 bits per heavy atom. The summed E-state index contributed by atoms with van der Waals surface area (Å²) in [6.45, 7) is 0. The van der Waals surface area contributed by atoms with Crippen molar-refractivity contribution in [1.82, 2.24) is 0 Å². The molecule has 0 saturated heterocycles. The summed E-state index contributed by atoms with van der Waals surface area (Å²) >= 11 is 5.60. The van der Waals surface area contributed by atoms with Crippen molar-refractivity contribution in [3.63, 3.8) is 0 Å². The molecule has 0 fully saturated rings. The Balaban J connectivity index is 2.06. The molecule has 0 heterocycles. The van der Waals surface area contributed by atoms with Gasteiger partial charge in [-0.2, -0.15) is 0 Å². The van der Waals surface area contributed by atoms with Crippen LogP contribution < -0.4 is 10.6 Å². The summed E-state index contributed by atoms with van der Waals surface area (Å²) in [5, 5.41) is 13.7. The van der Waals surface area contributed by atoms with Crippen molar-refractivity contribution in [2.75, 3.05) is 10.6 Å². The van der Waals surface area contributed by atoms with Crippen LogP contribution in [0.2, 0.25) is 5.02 Å². The normalized spacial score (nSPS) is 10.0. The quantitative estimate of drug-likeness (QED) is 0.806. The first-order valence-electron chi connectivity index (χ1n) is 5.82. The van der Waals surface area contributed by atoms with Crippen LogP contribution in [0.15, 0.2) is 42.5 Å². The van der Waals surface area contributed by atoms with Crippen LogP contribution in [0.3, 0.4) is 0 Å². The number of nitrogens with one attached hydrogen (secondary N) is 2. The molecule has 21 heavy (non-hydrogen) atoms. The first kappa shape index (κ1) is 14.8. The van der Waals surface area contributed by atoms with Crippen molar-refractivity contribution in [3.05, 3.63) is 58.9 Å². The third kappa shape index (κ3) is 3.93. The molecule has 7 heteroatoms. The van der Waals surface area contributed by atoms with E-state index in [1.165, 1.54) is 30.3 Å². The monoisotopic (exact) mass is 308 g/mol. The zero-order chi connectivity index (χ0) is 15.4. The van der Waals surface area contributed by atoms with Gasteiger partial charge in [0.05, 0.1) is 10.6 Å². The number of benzene rings is 2. The zero-order valence-electron chi connectivity index (χ0n) is 10.6. The molecule has 0 aliphatic rings. The van der Waals surface area contributed by atoms with Gasteiger partial charge in [-0.05, 0) is 36.4 Å². The smallest absolute Gasteiger partial charge is 0.335 e. The molecule has 5 nitrogen and oxygen atoms in total. The molecule has 0 atom stereocenters. The molecule has 0 saturated carbocycles. The number of carboxylic acids is 1. The van der Waals surface area contributed by atoms with Gasteiger partial charge in [0.2, 0.25) is 0 Å². The van der Waals surface area contributed by atoms with Crippen LogP contribution in [-0.4, -0.2) is 17.1 Å². The number of rotatable bonds is 3. The maximum atomic E-state index is 13.0. The Kier molecular flexibility index (Phi) is 4.39. The lowest BCUT2D eigenvalue weighted by molar-refractivity contribution is 0.0697. The van der Waals surface area contributed by atoms with Gasteiger partial charge in [-0.3, -0.25) is 0 Å². The van der Waals surface area contributed by atoms with Gasteiger partial charge in [0.1, 0.15) is 5.82 Å². The Morgan fingerprint density at radius 2 is 1.71 bits per heavy atom. The Morgan fingerprint density at radius 3 is 2.33 bits per heavy atom. The highest BCUT2D eigenvalue weighted by atomic mass is 35.5. The van der Waals surface area contributed by atoms with E-state index in [1.807, 2.05) is 0 Å². The van der Waals surface area contributed by atoms with Gasteiger partial charge in [-0.1, -0.05) is 17.7 Å². The molecule has 0 aromatic heterocycles. The lowest BCUT2D eigenvalue weighted by Crippen LogP contribution is -2.19. The Labute approximate surface area is 124 Å². The molecule has 108 valence electrons. The minimum Gasteiger partial charge on any atom is -0.478 e. The molecule has 2 rings (SSSR count). The van der Waals surface area contributed by atoms with Gasteiger partial charge < -0.3 is 15.7 Å². The largest absolute Gasteiger partial charge is 0.478 e. The molecule has 0 unspecified atom stereocenters. The third-order valence-electron chi connectivity index (χ3n) is 2.54. The number of aromatic carboxylic acids is 1. The summed E-state index contributed by atoms with van der Waals surface area (Å²) in [6.07, 6.45) is 0. The molecule has 2 aromatic rings. The van der Waals surface area contributed by atoms with Crippen molar-refractivity contribution < 1.29 is 19.1 Å². The topological polar surface area (TPSA) is 78.4 Å². The van der Waals surface area contributed by atoms with E-state index in [1.54, 1.807) is 6.07 Å². The summed E-state index contributed by atoms with van der Waals surface area (Å²) in [5.74, 6) is -1.68. The summed E-state index contributed by atoms with van der Waals surface area (Å²) in [4.78, 5) is 22.6. The van der Waals surface area contributed by atoms with E-state index in [0.717, 1.165) is 6.07 Å².